The third-order valence-electron chi connectivity index (χ3n) is 3.43. The van der Waals surface area contributed by atoms with Gasteiger partial charge >= 0.3 is 11.9 Å². The standard InChI is InChI=1S/C16H17F2NO4/c1-3-16(8-5-9-19,14(20)22-4-2)15(21)23-11-6-7-12(17)13(18)10-11/h6-7,10H,3-5,8H2,1-2H3. The molecule has 7 heteroatoms. The van der Waals surface area contributed by atoms with Crippen LogP contribution < -0.4 is 4.74 Å². The van der Waals surface area contributed by atoms with Crippen LogP contribution in [0.15, 0.2) is 18.2 Å². The molecule has 0 amide bonds. The Kier molecular flexibility index (Phi) is 6.64. The van der Waals surface area contributed by atoms with Crippen molar-refractivity contribution in [1.29, 1.82) is 5.26 Å². The molecule has 0 bridgehead atoms. The van der Waals surface area contributed by atoms with Crippen molar-refractivity contribution in [2.24, 2.45) is 5.41 Å². The van der Waals surface area contributed by atoms with Crippen LogP contribution in [0.3, 0.4) is 0 Å². The summed E-state index contributed by atoms with van der Waals surface area (Å²) in [5, 5.41) is 8.73. The lowest BCUT2D eigenvalue weighted by Crippen LogP contribution is -2.43. The topological polar surface area (TPSA) is 76.4 Å². The van der Waals surface area contributed by atoms with Crippen molar-refractivity contribution in [3.8, 4) is 11.8 Å². The second-order valence-electron chi connectivity index (χ2n) is 4.78. The zero-order valence-corrected chi connectivity index (χ0v) is 12.9. The second-order valence-corrected chi connectivity index (χ2v) is 4.78. The van der Waals surface area contributed by atoms with E-state index in [0.29, 0.717) is 6.07 Å². The molecule has 0 saturated heterocycles. The molecule has 0 heterocycles. The van der Waals surface area contributed by atoms with E-state index in [1.807, 2.05) is 6.07 Å². The Hall–Kier alpha value is -2.49. The predicted molar refractivity (Wildman–Crippen MR) is 76.2 cm³/mol. The molecule has 1 rings (SSSR count). The molecule has 1 aromatic carbocycles. The minimum atomic E-state index is -1.66. The third-order valence-corrected chi connectivity index (χ3v) is 3.43. The summed E-state index contributed by atoms with van der Waals surface area (Å²) in [5.41, 5.74) is -1.66. The minimum Gasteiger partial charge on any atom is -0.465 e. The number of nitriles is 1. The zero-order chi connectivity index (χ0) is 17.5. The third kappa shape index (κ3) is 4.25. The summed E-state index contributed by atoms with van der Waals surface area (Å²) in [7, 11) is 0. The van der Waals surface area contributed by atoms with Gasteiger partial charge in [0.05, 0.1) is 12.7 Å². The number of carbonyl (C=O) groups excluding carboxylic acids is 2. The van der Waals surface area contributed by atoms with Crippen LogP contribution in [0.4, 0.5) is 8.78 Å². The van der Waals surface area contributed by atoms with Crippen molar-refractivity contribution in [3.05, 3.63) is 29.8 Å². The summed E-state index contributed by atoms with van der Waals surface area (Å²) in [4.78, 5) is 24.6. The highest BCUT2D eigenvalue weighted by atomic mass is 19.2. The molecule has 0 aliphatic rings. The lowest BCUT2D eigenvalue weighted by molar-refractivity contribution is -0.168. The Morgan fingerprint density at radius 3 is 2.43 bits per heavy atom. The maximum absolute atomic E-state index is 13.2. The number of nitrogens with zero attached hydrogens (tertiary/aromatic N) is 1. The molecule has 0 aromatic heterocycles. The van der Waals surface area contributed by atoms with Crippen LogP contribution in [0.25, 0.3) is 0 Å². The smallest absolute Gasteiger partial charge is 0.328 e. The fourth-order valence-corrected chi connectivity index (χ4v) is 2.04. The Morgan fingerprint density at radius 2 is 1.91 bits per heavy atom. The van der Waals surface area contributed by atoms with Gasteiger partial charge in [-0.15, -0.1) is 0 Å². The molecule has 1 aromatic rings. The normalized spacial score (nSPS) is 12.8. The van der Waals surface area contributed by atoms with Gasteiger partial charge in [-0.25, -0.2) is 8.78 Å². The van der Waals surface area contributed by atoms with Crippen LogP contribution in [-0.4, -0.2) is 18.5 Å². The highest BCUT2D eigenvalue weighted by molar-refractivity contribution is 6.00. The van der Waals surface area contributed by atoms with Crippen LogP contribution in [0, 0.1) is 28.4 Å². The van der Waals surface area contributed by atoms with Crippen molar-refractivity contribution in [2.45, 2.75) is 33.1 Å². The van der Waals surface area contributed by atoms with E-state index < -0.39 is 29.0 Å². The number of carbonyl (C=O) groups is 2. The van der Waals surface area contributed by atoms with Gasteiger partial charge in [-0.05, 0) is 31.9 Å². The van der Waals surface area contributed by atoms with Crippen molar-refractivity contribution in [2.75, 3.05) is 6.61 Å². The van der Waals surface area contributed by atoms with E-state index in [2.05, 4.69) is 0 Å². The first-order valence-electron chi connectivity index (χ1n) is 7.12. The van der Waals surface area contributed by atoms with Crippen LogP contribution in [-0.2, 0) is 14.3 Å². The monoisotopic (exact) mass is 325 g/mol. The zero-order valence-electron chi connectivity index (χ0n) is 12.9. The number of halogens is 2. The number of ether oxygens (including phenoxy) is 2. The van der Waals surface area contributed by atoms with E-state index >= 15 is 0 Å². The lowest BCUT2D eigenvalue weighted by Gasteiger charge is -2.27. The van der Waals surface area contributed by atoms with E-state index in [1.54, 1.807) is 13.8 Å². The number of hydrogen-bond donors (Lipinski definition) is 0. The van der Waals surface area contributed by atoms with Gasteiger partial charge in [0.1, 0.15) is 5.75 Å². The number of rotatable bonds is 7. The summed E-state index contributed by atoms with van der Waals surface area (Å²) in [5.74, 6) is -4.25. The molecule has 23 heavy (non-hydrogen) atoms. The molecule has 0 aliphatic heterocycles. The van der Waals surface area contributed by atoms with Crippen LogP contribution in [0.5, 0.6) is 5.75 Å². The van der Waals surface area contributed by atoms with Crippen molar-refractivity contribution < 1.29 is 27.8 Å². The average Bonchev–Trinajstić information content (AvgIpc) is 2.52. The highest BCUT2D eigenvalue weighted by Gasteiger charge is 2.47. The van der Waals surface area contributed by atoms with Gasteiger partial charge in [-0.1, -0.05) is 6.92 Å². The van der Waals surface area contributed by atoms with E-state index in [9.17, 15) is 18.4 Å². The lowest BCUT2D eigenvalue weighted by atomic mass is 9.80. The Balaban J connectivity index is 3.09. The van der Waals surface area contributed by atoms with Crippen molar-refractivity contribution in [1.82, 2.24) is 0 Å². The first kappa shape index (κ1) is 18.6. The van der Waals surface area contributed by atoms with Gasteiger partial charge in [-0.2, -0.15) is 5.26 Å². The molecule has 0 N–H and O–H groups in total. The Morgan fingerprint density at radius 1 is 1.22 bits per heavy atom. The van der Waals surface area contributed by atoms with Gasteiger partial charge in [0.2, 0.25) is 0 Å². The average molecular weight is 325 g/mol. The molecule has 1 unspecified atom stereocenters. The van der Waals surface area contributed by atoms with Crippen LogP contribution >= 0.6 is 0 Å². The summed E-state index contributed by atoms with van der Waals surface area (Å²) < 4.78 is 36.0. The van der Waals surface area contributed by atoms with E-state index in [0.717, 1.165) is 12.1 Å². The molecule has 0 radical (unpaired) electrons. The predicted octanol–water partition coefficient (Wildman–Crippen LogP) is 3.13. The minimum absolute atomic E-state index is 0.0516. The van der Waals surface area contributed by atoms with Crippen molar-refractivity contribution >= 4 is 11.9 Å². The molecular formula is C16H17F2NO4. The maximum atomic E-state index is 13.2. The molecule has 0 saturated carbocycles. The Labute approximate surface area is 132 Å². The molecule has 0 aliphatic carbocycles. The molecule has 0 fully saturated rings. The SMILES string of the molecule is CCOC(=O)C(CC)(CCC#N)C(=O)Oc1ccc(F)c(F)c1. The maximum Gasteiger partial charge on any atom is 0.328 e. The second kappa shape index (κ2) is 8.22. The number of benzene rings is 1. The van der Waals surface area contributed by atoms with E-state index in [4.69, 9.17) is 14.7 Å². The molecule has 5 nitrogen and oxygen atoms in total. The quantitative estimate of drug-likeness (QED) is 0.437. The largest absolute Gasteiger partial charge is 0.465 e. The highest BCUT2D eigenvalue weighted by Crippen LogP contribution is 2.32. The summed E-state index contributed by atoms with van der Waals surface area (Å²) in [6, 6.07) is 4.46. The first-order valence-corrected chi connectivity index (χ1v) is 7.12. The first-order chi connectivity index (χ1) is 10.9. The molecule has 124 valence electrons. The summed E-state index contributed by atoms with van der Waals surface area (Å²) in [6.45, 7) is 3.23. The van der Waals surface area contributed by atoms with Crippen LogP contribution in [0.2, 0.25) is 0 Å². The van der Waals surface area contributed by atoms with E-state index in [-0.39, 0.29) is 31.6 Å². The van der Waals surface area contributed by atoms with E-state index in [1.165, 1.54) is 0 Å². The van der Waals surface area contributed by atoms with Gasteiger partial charge in [0, 0.05) is 12.5 Å². The number of esters is 2. The fourth-order valence-electron chi connectivity index (χ4n) is 2.04. The van der Waals surface area contributed by atoms with Gasteiger partial charge in [0.25, 0.3) is 0 Å². The van der Waals surface area contributed by atoms with Crippen molar-refractivity contribution in [3.63, 3.8) is 0 Å². The van der Waals surface area contributed by atoms with Gasteiger partial charge in [-0.3, -0.25) is 9.59 Å². The number of hydrogen-bond acceptors (Lipinski definition) is 5. The molecular weight excluding hydrogens is 308 g/mol. The fraction of sp³-hybridized carbons (Fsp3) is 0.438. The summed E-state index contributed by atoms with van der Waals surface area (Å²) in [6.07, 6.45) is -0.0864. The summed E-state index contributed by atoms with van der Waals surface area (Å²) >= 11 is 0. The molecule has 1 atom stereocenters. The molecule has 0 spiro atoms. The Bertz CT molecular complexity index is 627. The van der Waals surface area contributed by atoms with Crippen LogP contribution in [0.1, 0.15) is 33.1 Å². The van der Waals surface area contributed by atoms with Gasteiger partial charge in [0.15, 0.2) is 17.0 Å². The van der Waals surface area contributed by atoms with Gasteiger partial charge < -0.3 is 9.47 Å².